The van der Waals surface area contributed by atoms with E-state index in [9.17, 15) is 18.0 Å². The van der Waals surface area contributed by atoms with Gasteiger partial charge in [-0.05, 0) is 48.8 Å². The fourth-order valence-electron chi connectivity index (χ4n) is 3.03. The highest BCUT2D eigenvalue weighted by molar-refractivity contribution is 5.98. The topological polar surface area (TPSA) is 17.1 Å². The molecule has 0 aromatic heterocycles. The van der Waals surface area contributed by atoms with Crippen LogP contribution in [0.3, 0.4) is 0 Å². The van der Waals surface area contributed by atoms with Gasteiger partial charge in [0.25, 0.3) is 0 Å². The summed E-state index contributed by atoms with van der Waals surface area (Å²) in [4.78, 5) is 11.9. The average Bonchev–Trinajstić information content (AvgIpc) is 2.22. The van der Waals surface area contributed by atoms with Gasteiger partial charge in [0.1, 0.15) is 0 Å². The summed E-state index contributed by atoms with van der Waals surface area (Å²) in [5, 5.41) is 0. The molecule has 1 aromatic rings. The van der Waals surface area contributed by atoms with Crippen molar-refractivity contribution in [1.29, 1.82) is 0 Å². The van der Waals surface area contributed by atoms with Gasteiger partial charge in [-0.3, -0.25) is 4.79 Å². The molecular weight excluding hydrogens is 241 g/mol. The molecule has 18 heavy (non-hydrogen) atoms. The molecule has 0 radical (unpaired) electrons. The van der Waals surface area contributed by atoms with E-state index in [0.717, 1.165) is 37.0 Å². The Bertz CT molecular complexity index is 498. The van der Waals surface area contributed by atoms with Crippen molar-refractivity contribution in [3.63, 3.8) is 0 Å². The lowest BCUT2D eigenvalue weighted by Crippen LogP contribution is -2.27. The maximum atomic E-state index is 12.7. The Kier molecular flexibility index (Phi) is 2.50. The van der Waals surface area contributed by atoms with E-state index in [2.05, 4.69) is 0 Å². The Morgan fingerprint density at radius 2 is 1.89 bits per heavy atom. The first-order valence-electron chi connectivity index (χ1n) is 6.19. The van der Waals surface area contributed by atoms with Gasteiger partial charge in [-0.2, -0.15) is 13.2 Å². The summed E-state index contributed by atoms with van der Waals surface area (Å²) < 4.78 is 38.0. The highest BCUT2D eigenvalue weighted by Gasteiger charge is 2.37. The Morgan fingerprint density at radius 3 is 2.56 bits per heavy atom. The zero-order chi connectivity index (χ0) is 12.9. The minimum Gasteiger partial charge on any atom is -0.294 e. The van der Waals surface area contributed by atoms with E-state index in [1.54, 1.807) is 0 Å². The summed E-state index contributed by atoms with van der Waals surface area (Å²) in [6.45, 7) is 0. The summed E-state index contributed by atoms with van der Waals surface area (Å²) in [5.74, 6) is 0.747. The number of hydrogen-bond acceptors (Lipinski definition) is 1. The van der Waals surface area contributed by atoms with Crippen LogP contribution in [0.5, 0.6) is 0 Å². The molecule has 0 spiro atoms. The fraction of sp³-hybridized carbons (Fsp3) is 0.500. The van der Waals surface area contributed by atoms with Crippen LogP contribution in [0.4, 0.5) is 13.2 Å². The molecule has 3 aliphatic carbocycles. The lowest BCUT2D eigenvalue weighted by Gasteiger charge is -2.38. The van der Waals surface area contributed by atoms with E-state index < -0.39 is 11.7 Å². The molecular formula is C14H13F3O. The van der Waals surface area contributed by atoms with Gasteiger partial charge in [-0.25, -0.2) is 0 Å². The van der Waals surface area contributed by atoms with Crippen LogP contribution < -0.4 is 0 Å². The molecule has 0 atom stereocenters. The molecule has 0 N–H and O–H groups in total. The number of fused-ring (bicyclic) bond motifs is 2. The van der Waals surface area contributed by atoms with Crippen molar-refractivity contribution in [2.24, 2.45) is 5.92 Å². The van der Waals surface area contributed by atoms with Gasteiger partial charge in [-0.15, -0.1) is 0 Å². The molecule has 0 amide bonds. The Morgan fingerprint density at radius 1 is 1.17 bits per heavy atom. The third kappa shape index (κ3) is 1.84. The first-order chi connectivity index (χ1) is 8.45. The third-order valence-electron chi connectivity index (χ3n) is 4.14. The van der Waals surface area contributed by atoms with Crippen LogP contribution >= 0.6 is 0 Å². The van der Waals surface area contributed by atoms with Crippen molar-refractivity contribution < 1.29 is 18.0 Å². The van der Waals surface area contributed by atoms with Gasteiger partial charge in [0.2, 0.25) is 0 Å². The van der Waals surface area contributed by atoms with Crippen LogP contribution in [-0.4, -0.2) is 5.78 Å². The molecule has 0 unspecified atom stereocenters. The monoisotopic (exact) mass is 254 g/mol. The molecule has 0 saturated heterocycles. The molecule has 0 aliphatic heterocycles. The summed E-state index contributed by atoms with van der Waals surface area (Å²) in [6, 6.07) is 3.64. The first-order valence-corrected chi connectivity index (χ1v) is 6.19. The normalized spacial score (nSPS) is 26.9. The number of carbonyl (C=O) groups excluding carboxylic acids is 1. The smallest absolute Gasteiger partial charge is 0.294 e. The first kappa shape index (κ1) is 11.8. The lowest BCUT2D eigenvalue weighted by atomic mass is 9.66. The van der Waals surface area contributed by atoms with E-state index in [0.29, 0.717) is 17.9 Å². The van der Waals surface area contributed by atoms with Crippen LogP contribution in [0.15, 0.2) is 18.2 Å². The highest BCUT2D eigenvalue weighted by Crippen LogP contribution is 2.47. The molecule has 96 valence electrons. The minimum atomic E-state index is -4.38. The zero-order valence-corrected chi connectivity index (χ0v) is 9.76. The summed E-state index contributed by atoms with van der Waals surface area (Å²) >= 11 is 0. The number of halogens is 3. The molecule has 4 rings (SSSR count). The number of Topliss-reactive ketones (excluding diaryl/α,β-unsaturated/α-hetero) is 1. The molecule has 0 heterocycles. The zero-order valence-electron chi connectivity index (χ0n) is 9.76. The Labute approximate surface area is 103 Å². The van der Waals surface area contributed by atoms with Gasteiger partial charge in [0.05, 0.1) is 5.56 Å². The van der Waals surface area contributed by atoms with Crippen molar-refractivity contribution in [3.8, 4) is 0 Å². The number of ketones is 1. The van der Waals surface area contributed by atoms with Gasteiger partial charge in [0, 0.05) is 12.0 Å². The van der Waals surface area contributed by atoms with E-state index >= 15 is 0 Å². The standard InChI is InChI=1S/C14H13F3O/c15-14(16,17)10-2-3-11-9-5-8(6-9)1-4-13(18)12(11)7-10/h2-3,7-9H,1,4-6H2. The Balaban J connectivity index is 2.07. The highest BCUT2D eigenvalue weighted by atomic mass is 19.4. The molecule has 1 aromatic carbocycles. The Hall–Kier alpha value is -1.32. The van der Waals surface area contributed by atoms with Gasteiger partial charge in [-0.1, -0.05) is 6.07 Å². The van der Waals surface area contributed by atoms with Crippen molar-refractivity contribution in [2.75, 3.05) is 0 Å². The largest absolute Gasteiger partial charge is 0.416 e. The summed E-state index contributed by atoms with van der Waals surface area (Å²) in [5.41, 5.74) is 0.406. The van der Waals surface area contributed by atoms with Crippen LogP contribution in [-0.2, 0) is 6.18 Å². The van der Waals surface area contributed by atoms with Crippen LogP contribution in [0.25, 0.3) is 0 Å². The second-order valence-electron chi connectivity index (χ2n) is 5.30. The summed E-state index contributed by atoms with van der Waals surface area (Å²) in [7, 11) is 0. The van der Waals surface area contributed by atoms with Crippen LogP contribution in [0, 0.1) is 5.92 Å². The van der Waals surface area contributed by atoms with E-state index in [4.69, 9.17) is 0 Å². The van der Waals surface area contributed by atoms with E-state index in [1.165, 1.54) is 6.07 Å². The molecule has 1 saturated carbocycles. The second kappa shape index (κ2) is 3.84. The SMILES string of the molecule is O=C1CCC2CC(C2)c2ccc(C(F)(F)F)cc21. The molecule has 4 heteroatoms. The van der Waals surface area contributed by atoms with Crippen LogP contribution in [0.2, 0.25) is 0 Å². The van der Waals surface area contributed by atoms with Gasteiger partial charge < -0.3 is 0 Å². The van der Waals surface area contributed by atoms with Crippen molar-refractivity contribution in [3.05, 3.63) is 34.9 Å². The second-order valence-corrected chi connectivity index (χ2v) is 5.30. The number of rotatable bonds is 0. The maximum Gasteiger partial charge on any atom is 0.416 e. The predicted molar refractivity (Wildman–Crippen MR) is 60.5 cm³/mol. The average molecular weight is 254 g/mol. The van der Waals surface area contributed by atoms with Crippen molar-refractivity contribution >= 4 is 5.78 Å². The molecule has 1 fully saturated rings. The molecule has 3 aliphatic rings. The maximum absolute atomic E-state index is 12.7. The quantitative estimate of drug-likeness (QED) is 0.679. The van der Waals surface area contributed by atoms with Gasteiger partial charge >= 0.3 is 6.18 Å². The molecule has 2 bridgehead atoms. The predicted octanol–water partition coefficient (Wildman–Crippen LogP) is 4.18. The number of hydrogen-bond donors (Lipinski definition) is 0. The number of carbonyl (C=O) groups is 1. The van der Waals surface area contributed by atoms with E-state index in [1.807, 2.05) is 0 Å². The van der Waals surface area contributed by atoms with Crippen molar-refractivity contribution in [1.82, 2.24) is 0 Å². The number of benzene rings is 1. The van der Waals surface area contributed by atoms with Gasteiger partial charge in [0.15, 0.2) is 5.78 Å². The van der Waals surface area contributed by atoms with Crippen molar-refractivity contribution in [2.45, 2.75) is 37.8 Å². The van der Waals surface area contributed by atoms with Crippen LogP contribution in [0.1, 0.15) is 53.1 Å². The van der Waals surface area contributed by atoms with E-state index in [-0.39, 0.29) is 11.7 Å². The summed E-state index contributed by atoms with van der Waals surface area (Å²) in [6.07, 6.45) is -1.13. The third-order valence-corrected chi connectivity index (χ3v) is 4.14. The minimum absolute atomic E-state index is 0.134. The fourth-order valence-corrected chi connectivity index (χ4v) is 3.03. The lowest BCUT2D eigenvalue weighted by molar-refractivity contribution is -0.137. The molecule has 1 nitrogen and oxygen atoms in total. The number of alkyl halides is 3.